The van der Waals surface area contributed by atoms with E-state index >= 15 is 0 Å². The molecule has 14 heteroatoms. The zero-order chi connectivity index (χ0) is 27.1. The largest absolute Gasteiger partial charge is 0.463 e. The van der Waals surface area contributed by atoms with Gasteiger partial charge in [-0.25, -0.2) is 0 Å². The van der Waals surface area contributed by atoms with E-state index in [9.17, 15) is 24.0 Å². The summed E-state index contributed by atoms with van der Waals surface area (Å²) in [7, 11) is 1.55. The van der Waals surface area contributed by atoms with Gasteiger partial charge in [-0.15, -0.1) is 0 Å². The van der Waals surface area contributed by atoms with Crippen LogP contribution in [0.15, 0.2) is 0 Å². The number of hydrogen-bond acceptors (Lipinski definition) is 13. The summed E-state index contributed by atoms with van der Waals surface area (Å²) in [6.07, 6.45) is -4.87. The molecule has 14 nitrogen and oxygen atoms in total. The number of hydrogen-bond donors (Lipinski definition) is 1. The molecule has 1 aliphatic heterocycles. The van der Waals surface area contributed by atoms with Crippen molar-refractivity contribution in [3.8, 4) is 0 Å². The lowest BCUT2D eigenvalue weighted by molar-refractivity contribution is -0.271. The van der Waals surface area contributed by atoms with Gasteiger partial charge in [0.1, 0.15) is 25.5 Å². The van der Waals surface area contributed by atoms with Crippen LogP contribution < -0.4 is 5.32 Å². The molecule has 0 unspecified atom stereocenters. The molecular formula is C22H35NO13. The van der Waals surface area contributed by atoms with Crippen molar-refractivity contribution in [3.05, 3.63) is 0 Å². The number of amides is 1. The van der Waals surface area contributed by atoms with Gasteiger partial charge < -0.3 is 43.2 Å². The molecule has 206 valence electrons. The van der Waals surface area contributed by atoms with Gasteiger partial charge in [0.25, 0.3) is 0 Å². The van der Waals surface area contributed by atoms with Crippen molar-refractivity contribution in [3.63, 3.8) is 0 Å². The predicted octanol–water partition coefficient (Wildman–Crippen LogP) is -0.397. The zero-order valence-corrected chi connectivity index (χ0v) is 21.1. The second kappa shape index (κ2) is 16.8. The van der Waals surface area contributed by atoms with Crippen molar-refractivity contribution in [2.75, 3.05) is 40.3 Å². The van der Waals surface area contributed by atoms with Crippen molar-refractivity contribution in [2.24, 2.45) is 0 Å². The molecule has 0 aromatic rings. The summed E-state index contributed by atoms with van der Waals surface area (Å²) < 4.78 is 41.8. The fourth-order valence-electron chi connectivity index (χ4n) is 3.23. The van der Waals surface area contributed by atoms with E-state index in [0.717, 1.165) is 27.7 Å². The van der Waals surface area contributed by atoms with Gasteiger partial charge in [0, 0.05) is 47.8 Å². The molecule has 1 amide bonds. The minimum absolute atomic E-state index is 0.00324. The fourth-order valence-corrected chi connectivity index (χ4v) is 3.23. The minimum atomic E-state index is -1.44. The Morgan fingerprint density at radius 2 is 1.39 bits per heavy atom. The predicted molar refractivity (Wildman–Crippen MR) is 118 cm³/mol. The lowest BCUT2D eigenvalue weighted by atomic mass is 9.96. The smallest absolute Gasteiger partial charge is 0.305 e. The van der Waals surface area contributed by atoms with Crippen LogP contribution in [0.25, 0.3) is 0 Å². The summed E-state index contributed by atoms with van der Waals surface area (Å²) in [6, 6.07) is -1.23. The molecule has 1 N–H and O–H groups in total. The quantitative estimate of drug-likeness (QED) is 0.128. The molecule has 0 spiro atoms. The summed E-state index contributed by atoms with van der Waals surface area (Å²) >= 11 is 0. The van der Waals surface area contributed by atoms with Gasteiger partial charge in [-0.3, -0.25) is 24.0 Å². The maximum atomic E-state index is 12.6. The van der Waals surface area contributed by atoms with Gasteiger partial charge in [-0.1, -0.05) is 0 Å². The molecule has 1 fully saturated rings. The van der Waals surface area contributed by atoms with Crippen molar-refractivity contribution in [1.82, 2.24) is 5.32 Å². The maximum absolute atomic E-state index is 12.6. The second-order valence-corrected chi connectivity index (χ2v) is 7.73. The number of carbonyl (C=O) groups is 5. The van der Waals surface area contributed by atoms with E-state index in [4.69, 9.17) is 37.9 Å². The van der Waals surface area contributed by atoms with E-state index in [2.05, 4.69) is 5.32 Å². The number of ether oxygens (including phenoxy) is 8. The summed E-state index contributed by atoms with van der Waals surface area (Å²) in [5.41, 5.74) is 0. The Labute approximate surface area is 209 Å². The van der Waals surface area contributed by atoms with Crippen molar-refractivity contribution in [1.29, 1.82) is 0 Å². The van der Waals surface area contributed by atoms with E-state index in [1.807, 2.05) is 0 Å². The van der Waals surface area contributed by atoms with Crippen LogP contribution >= 0.6 is 0 Å². The lowest BCUT2D eigenvalue weighted by Gasteiger charge is -2.44. The highest BCUT2D eigenvalue weighted by molar-refractivity contribution is 5.76. The van der Waals surface area contributed by atoms with Crippen LogP contribution in [0, 0.1) is 0 Å². The molecule has 0 aromatic carbocycles. The highest BCUT2D eigenvalue weighted by Gasteiger charge is 2.52. The first kappa shape index (κ1) is 31.2. The van der Waals surface area contributed by atoms with E-state index in [1.165, 1.54) is 0 Å². The molecule has 0 aromatic heterocycles. The van der Waals surface area contributed by atoms with Gasteiger partial charge in [0.05, 0.1) is 13.2 Å². The second-order valence-electron chi connectivity index (χ2n) is 7.73. The number of carbonyl (C=O) groups excluding carboxylic acids is 5. The molecule has 1 aliphatic rings. The first-order chi connectivity index (χ1) is 17.0. The molecule has 36 heavy (non-hydrogen) atoms. The molecule has 0 saturated carbocycles. The summed E-state index contributed by atoms with van der Waals surface area (Å²) in [6.45, 7) is 5.19. The van der Waals surface area contributed by atoms with E-state index in [0.29, 0.717) is 19.6 Å². The van der Waals surface area contributed by atoms with Gasteiger partial charge in [-0.2, -0.15) is 0 Å². The highest BCUT2D eigenvalue weighted by Crippen LogP contribution is 2.28. The summed E-state index contributed by atoms with van der Waals surface area (Å²) in [5, 5.41) is 2.62. The minimum Gasteiger partial charge on any atom is -0.463 e. The van der Waals surface area contributed by atoms with Crippen LogP contribution in [-0.4, -0.2) is 101 Å². The average molecular weight is 522 g/mol. The molecule has 1 rings (SSSR count). The number of methoxy groups -OCH3 is 1. The number of esters is 4. The zero-order valence-electron chi connectivity index (χ0n) is 21.1. The average Bonchev–Trinajstić information content (AvgIpc) is 2.77. The van der Waals surface area contributed by atoms with Crippen LogP contribution in [-0.2, 0) is 61.9 Å². The Balaban J connectivity index is 2.96. The van der Waals surface area contributed by atoms with E-state index in [-0.39, 0.29) is 19.8 Å². The first-order valence-electron chi connectivity index (χ1n) is 11.3. The van der Waals surface area contributed by atoms with Crippen LogP contribution in [0.3, 0.4) is 0 Å². The standard InChI is InChI=1S/C22H35NO13/c1-13(24)32-11-17-20(33-14(2)25)21(34-15(3)26)19(22(36-17)35-16(4)27)23-18(28)7-6-8-30-12-31-10-9-29-5/h17,19-22H,6-12H2,1-5H3,(H,23,28)/t17-,19-,20-,21-,22-/m1/s1. The Kier molecular flexibility index (Phi) is 14.6. The Bertz CT molecular complexity index is 743. The Morgan fingerprint density at radius 3 is 1.97 bits per heavy atom. The highest BCUT2D eigenvalue weighted by atomic mass is 16.7. The van der Waals surface area contributed by atoms with Crippen LogP contribution in [0.2, 0.25) is 0 Å². The van der Waals surface area contributed by atoms with Crippen molar-refractivity contribution >= 4 is 29.8 Å². The number of rotatable bonds is 15. The van der Waals surface area contributed by atoms with Gasteiger partial charge in [0.2, 0.25) is 12.2 Å². The molecule has 1 heterocycles. The molecule has 0 radical (unpaired) electrons. The molecule has 1 saturated heterocycles. The third-order valence-corrected chi connectivity index (χ3v) is 4.60. The van der Waals surface area contributed by atoms with Crippen LogP contribution in [0.5, 0.6) is 0 Å². The fraction of sp³-hybridized carbons (Fsp3) is 0.773. The topological polar surface area (TPSA) is 171 Å². The van der Waals surface area contributed by atoms with E-state index in [1.54, 1.807) is 7.11 Å². The third kappa shape index (κ3) is 12.2. The molecular weight excluding hydrogens is 486 g/mol. The van der Waals surface area contributed by atoms with Crippen molar-refractivity contribution < 1.29 is 61.9 Å². The van der Waals surface area contributed by atoms with Crippen LogP contribution in [0.1, 0.15) is 40.5 Å². The molecule has 0 aliphatic carbocycles. The van der Waals surface area contributed by atoms with Gasteiger partial charge >= 0.3 is 23.9 Å². The first-order valence-corrected chi connectivity index (χ1v) is 11.3. The monoisotopic (exact) mass is 521 g/mol. The maximum Gasteiger partial charge on any atom is 0.305 e. The molecule has 5 atom stereocenters. The lowest BCUT2D eigenvalue weighted by Crippen LogP contribution is -2.67. The van der Waals surface area contributed by atoms with Crippen LogP contribution in [0.4, 0.5) is 0 Å². The SMILES string of the molecule is COCCOCOCCCC(=O)N[C@H]1[C@H](OC(C)=O)O[C@H](COC(C)=O)[C@@H](OC(C)=O)[C@@H]1OC(C)=O. The summed E-state index contributed by atoms with van der Waals surface area (Å²) in [5.74, 6) is -3.39. The number of nitrogens with one attached hydrogen (secondary N) is 1. The summed E-state index contributed by atoms with van der Waals surface area (Å²) in [4.78, 5) is 59.3. The normalized spacial score (nSPS) is 23.3. The van der Waals surface area contributed by atoms with Gasteiger partial charge in [-0.05, 0) is 6.42 Å². The Hall–Kier alpha value is -2.81. The Morgan fingerprint density at radius 1 is 0.778 bits per heavy atom. The third-order valence-electron chi connectivity index (χ3n) is 4.60. The van der Waals surface area contributed by atoms with E-state index < -0.39 is 67.0 Å². The van der Waals surface area contributed by atoms with Gasteiger partial charge in [0.15, 0.2) is 12.2 Å². The molecule has 0 bridgehead atoms. The van der Waals surface area contributed by atoms with Crippen molar-refractivity contribution in [2.45, 2.75) is 71.2 Å².